The Balaban J connectivity index is 3.12. The molecule has 5 heteroatoms. The van der Waals surface area contributed by atoms with Gasteiger partial charge in [0.1, 0.15) is 11.4 Å². The Hall–Kier alpha value is -2.17. The monoisotopic (exact) mass is 265 g/mol. The van der Waals surface area contributed by atoms with Crippen molar-refractivity contribution in [1.29, 1.82) is 0 Å². The average molecular weight is 265 g/mol. The van der Waals surface area contributed by atoms with Gasteiger partial charge in [-0.1, -0.05) is 12.1 Å². The van der Waals surface area contributed by atoms with E-state index in [1.54, 1.807) is 25.9 Å². The second kappa shape index (κ2) is 6.68. The van der Waals surface area contributed by atoms with Gasteiger partial charge in [0.05, 0.1) is 6.61 Å². The lowest BCUT2D eigenvalue weighted by atomic mass is 10.0. The Kier molecular flexibility index (Phi) is 5.23. The van der Waals surface area contributed by atoms with E-state index < -0.39 is 17.6 Å². The highest BCUT2D eigenvalue weighted by Gasteiger charge is 2.21. The van der Waals surface area contributed by atoms with E-state index in [0.717, 1.165) is 6.07 Å². The van der Waals surface area contributed by atoms with Gasteiger partial charge in [-0.05, 0) is 19.1 Å². The third kappa shape index (κ3) is 4.21. The van der Waals surface area contributed by atoms with Crippen molar-refractivity contribution in [2.24, 2.45) is 0 Å². The molecule has 0 spiro atoms. The van der Waals surface area contributed by atoms with E-state index in [4.69, 9.17) is 4.74 Å². The van der Waals surface area contributed by atoms with Gasteiger partial charge in [0.25, 0.3) is 0 Å². The number of hydrogen-bond acceptors (Lipinski definition) is 4. The summed E-state index contributed by atoms with van der Waals surface area (Å²) in [6.45, 7) is 1.82. The van der Waals surface area contributed by atoms with Crippen LogP contribution in [0.15, 0.2) is 36.0 Å². The first-order valence-electron chi connectivity index (χ1n) is 5.81. The predicted molar refractivity (Wildman–Crippen MR) is 69.1 cm³/mol. The van der Waals surface area contributed by atoms with E-state index in [1.807, 2.05) is 0 Å². The predicted octanol–water partition coefficient (Wildman–Crippen LogP) is 2.02. The smallest absolute Gasteiger partial charge is 0.343 e. The summed E-state index contributed by atoms with van der Waals surface area (Å²) in [6, 6.07) is 5.19. The first-order valence-corrected chi connectivity index (χ1v) is 5.81. The van der Waals surface area contributed by atoms with Gasteiger partial charge in [0, 0.05) is 25.9 Å². The van der Waals surface area contributed by atoms with E-state index >= 15 is 0 Å². The van der Waals surface area contributed by atoms with Crippen LogP contribution in [0.4, 0.5) is 4.39 Å². The number of carbonyl (C=O) groups excluding carboxylic acids is 2. The van der Waals surface area contributed by atoms with Crippen LogP contribution in [-0.2, 0) is 9.53 Å². The van der Waals surface area contributed by atoms with E-state index in [0.29, 0.717) is 0 Å². The van der Waals surface area contributed by atoms with Gasteiger partial charge < -0.3 is 9.64 Å². The first kappa shape index (κ1) is 14.9. The van der Waals surface area contributed by atoms with Gasteiger partial charge in [0.15, 0.2) is 0 Å². The summed E-state index contributed by atoms with van der Waals surface area (Å²) in [5, 5.41) is 0. The quantitative estimate of drug-likeness (QED) is 0.269. The average Bonchev–Trinajstić information content (AvgIpc) is 2.35. The van der Waals surface area contributed by atoms with E-state index in [2.05, 4.69) is 0 Å². The minimum absolute atomic E-state index is 0.112. The molecule has 0 fully saturated rings. The Bertz CT molecular complexity index is 509. The van der Waals surface area contributed by atoms with Crippen LogP contribution in [0.3, 0.4) is 0 Å². The lowest BCUT2D eigenvalue weighted by Crippen LogP contribution is -2.19. The number of esters is 1. The largest absolute Gasteiger partial charge is 0.462 e. The topological polar surface area (TPSA) is 46.6 Å². The van der Waals surface area contributed by atoms with Crippen LogP contribution in [0.2, 0.25) is 0 Å². The zero-order chi connectivity index (χ0) is 14.4. The van der Waals surface area contributed by atoms with Gasteiger partial charge in [-0.3, -0.25) is 4.79 Å². The third-order valence-electron chi connectivity index (χ3n) is 2.21. The minimum atomic E-state index is -0.717. The van der Waals surface area contributed by atoms with Gasteiger partial charge in [-0.15, -0.1) is 0 Å². The van der Waals surface area contributed by atoms with Crippen molar-refractivity contribution in [3.05, 3.63) is 47.4 Å². The molecule has 0 heterocycles. The van der Waals surface area contributed by atoms with Crippen LogP contribution >= 0.6 is 0 Å². The molecule has 4 nitrogen and oxygen atoms in total. The van der Waals surface area contributed by atoms with Crippen LogP contribution in [0.1, 0.15) is 17.3 Å². The highest BCUT2D eigenvalue weighted by Crippen LogP contribution is 2.12. The summed E-state index contributed by atoms with van der Waals surface area (Å²) < 4.78 is 17.9. The molecular formula is C14H16FNO3. The Morgan fingerprint density at radius 2 is 2.05 bits per heavy atom. The van der Waals surface area contributed by atoms with Crippen molar-refractivity contribution in [2.75, 3.05) is 20.7 Å². The van der Waals surface area contributed by atoms with Gasteiger partial charge in [-0.25, -0.2) is 9.18 Å². The molecule has 0 atom stereocenters. The summed E-state index contributed by atoms with van der Waals surface area (Å²) in [7, 11) is 3.36. The lowest BCUT2D eigenvalue weighted by molar-refractivity contribution is -0.138. The maximum atomic E-state index is 13.1. The van der Waals surface area contributed by atoms with E-state index in [-0.39, 0.29) is 17.7 Å². The highest BCUT2D eigenvalue weighted by atomic mass is 19.1. The van der Waals surface area contributed by atoms with Crippen molar-refractivity contribution in [2.45, 2.75) is 6.92 Å². The fourth-order valence-electron chi connectivity index (χ4n) is 1.46. The number of hydrogen-bond donors (Lipinski definition) is 0. The van der Waals surface area contributed by atoms with Crippen LogP contribution < -0.4 is 0 Å². The number of halogens is 1. The van der Waals surface area contributed by atoms with Crippen LogP contribution in [-0.4, -0.2) is 37.4 Å². The van der Waals surface area contributed by atoms with E-state index in [9.17, 15) is 14.0 Å². The molecule has 0 aliphatic carbocycles. The molecule has 1 rings (SSSR count). The number of benzene rings is 1. The SMILES string of the molecule is CCOC(=O)C(=CN(C)C)C(=O)c1cccc(F)c1. The molecule has 0 saturated carbocycles. The molecule has 0 bridgehead atoms. The fourth-order valence-corrected chi connectivity index (χ4v) is 1.46. The van der Waals surface area contributed by atoms with Crippen molar-refractivity contribution >= 4 is 11.8 Å². The molecule has 0 amide bonds. The molecule has 0 radical (unpaired) electrons. The lowest BCUT2D eigenvalue weighted by Gasteiger charge is -2.10. The summed E-state index contributed by atoms with van der Waals surface area (Å²) in [5.74, 6) is -1.81. The number of carbonyl (C=O) groups is 2. The van der Waals surface area contributed by atoms with Crippen molar-refractivity contribution in [3.8, 4) is 0 Å². The first-order chi connectivity index (χ1) is 8.95. The molecule has 0 unspecified atom stereocenters. The number of Topliss-reactive ketones (excluding diaryl/α,β-unsaturated/α-hetero) is 1. The van der Waals surface area contributed by atoms with Crippen LogP contribution in [0.25, 0.3) is 0 Å². The molecule has 102 valence electrons. The maximum Gasteiger partial charge on any atom is 0.343 e. The number of nitrogens with zero attached hydrogens (tertiary/aromatic N) is 1. The van der Waals surface area contributed by atoms with Gasteiger partial charge >= 0.3 is 5.97 Å². The molecule has 1 aromatic rings. The Morgan fingerprint density at radius 3 is 2.58 bits per heavy atom. The normalized spacial score (nSPS) is 11.1. The van der Waals surface area contributed by atoms with Crippen LogP contribution in [0, 0.1) is 5.82 Å². The summed E-state index contributed by atoms with van der Waals surface area (Å²) >= 11 is 0. The fraction of sp³-hybridized carbons (Fsp3) is 0.286. The zero-order valence-electron chi connectivity index (χ0n) is 11.1. The van der Waals surface area contributed by atoms with Crippen LogP contribution in [0.5, 0.6) is 0 Å². The third-order valence-corrected chi connectivity index (χ3v) is 2.21. The molecule has 0 aliphatic rings. The summed E-state index contributed by atoms with van der Waals surface area (Å²) in [5.41, 5.74) is -0.0152. The molecule has 1 aromatic carbocycles. The van der Waals surface area contributed by atoms with Crippen molar-refractivity contribution < 1.29 is 18.7 Å². The summed E-state index contributed by atoms with van der Waals surface area (Å²) in [4.78, 5) is 25.5. The maximum absolute atomic E-state index is 13.1. The van der Waals surface area contributed by atoms with Crippen molar-refractivity contribution in [1.82, 2.24) is 4.90 Å². The number of ketones is 1. The van der Waals surface area contributed by atoms with E-state index in [1.165, 1.54) is 24.4 Å². The molecule has 19 heavy (non-hydrogen) atoms. The Morgan fingerprint density at radius 1 is 1.37 bits per heavy atom. The molecular weight excluding hydrogens is 249 g/mol. The van der Waals surface area contributed by atoms with Gasteiger partial charge in [-0.2, -0.15) is 0 Å². The minimum Gasteiger partial charge on any atom is -0.462 e. The summed E-state index contributed by atoms with van der Waals surface area (Å²) in [6.07, 6.45) is 1.37. The van der Waals surface area contributed by atoms with Crippen molar-refractivity contribution in [3.63, 3.8) is 0 Å². The number of ether oxygens (including phenoxy) is 1. The highest BCUT2D eigenvalue weighted by molar-refractivity contribution is 6.24. The molecule has 0 aliphatic heterocycles. The molecule has 0 N–H and O–H groups in total. The standard InChI is InChI=1S/C14H16FNO3/c1-4-19-14(18)12(9-16(2)3)13(17)10-6-5-7-11(15)8-10/h5-9H,4H2,1-3H3. The molecule has 0 aromatic heterocycles. The second-order valence-corrected chi connectivity index (χ2v) is 4.07. The Labute approximate surface area is 111 Å². The van der Waals surface area contributed by atoms with Gasteiger partial charge in [0.2, 0.25) is 5.78 Å². The number of rotatable bonds is 5. The zero-order valence-corrected chi connectivity index (χ0v) is 11.1. The molecule has 0 saturated heterocycles. The second-order valence-electron chi connectivity index (χ2n) is 4.07.